The number of likely N-dealkylation sites (N-methyl/N-ethyl adjacent to an activating group) is 1. The molecular weight excluding hydrogens is 272 g/mol. The van der Waals surface area contributed by atoms with E-state index in [1.165, 1.54) is 0 Å². The van der Waals surface area contributed by atoms with Crippen molar-refractivity contribution in [3.05, 3.63) is 35.1 Å². The lowest BCUT2D eigenvalue weighted by molar-refractivity contribution is -0.0274. The molecule has 2 aromatic rings. The van der Waals surface area contributed by atoms with Gasteiger partial charge in [-0.15, -0.1) is 0 Å². The summed E-state index contributed by atoms with van der Waals surface area (Å²) in [4.78, 5) is 2.28. The fraction of sp³-hybridized carbons (Fsp3) is 0.429. The molecule has 2 heterocycles. The zero-order chi connectivity index (χ0) is 13.9. The Bertz CT molecular complexity index is 622. The molecule has 0 radical (unpaired) electrons. The first-order chi connectivity index (χ1) is 9.74. The highest BCUT2D eigenvalue weighted by atomic mass is 32.1. The first kappa shape index (κ1) is 13.5. The van der Waals surface area contributed by atoms with Gasteiger partial charge in [-0.1, -0.05) is 30.3 Å². The number of hydrogen-bond acceptors (Lipinski definition) is 4. The predicted molar refractivity (Wildman–Crippen MR) is 80.1 cm³/mol. The summed E-state index contributed by atoms with van der Waals surface area (Å²) >= 11 is 5.35. The molecule has 1 aromatic carbocycles. The molecule has 1 atom stereocenters. The Morgan fingerprint density at radius 3 is 2.95 bits per heavy atom. The quantitative estimate of drug-likeness (QED) is 0.878. The number of rotatable bonds is 3. The summed E-state index contributed by atoms with van der Waals surface area (Å²) in [6.45, 7) is 3.40. The van der Waals surface area contributed by atoms with Crippen LogP contribution in [0.15, 0.2) is 30.3 Å². The van der Waals surface area contributed by atoms with Crippen molar-refractivity contribution < 1.29 is 4.74 Å². The first-order valence-corrected chi connectivity index (χ1v) is 7.15. The largest absolute Gasteiger partial charge is 0.374 e. The van der Waals surface area contributed by atoms with Crippen LogP contribution in [0.4, 0.5) is 0 Å². The number of morpholine rings is 1. The molecule has 1 N–H and O–H groups in total. The van der Waals surface area contributed by atoms with E-state index in [1.54, 1.807) is 0 Å². The van der Waals surface area contributed by atoms with Gasteiger partial charge in [0.05, 0.1) is 19.3 Å². The van der Waals surface area contributed by atoms with Crippen molar-refractivity contribution in [3.8, 4) is 11.4 Å². The standard InChI is InChI=1S/C14H18N4OS/c1-17-7-8-19-12(9-17)10-18-13(15-16-14(18)20)11-5-3-2-4-6-11/h2-6,12H,7-10H2,1H3,(H,16,20). The highest BCUT2D eigenvalue weighted by molar-refractivity contribution is 7.71. The summed E-state index contributed by atoms with van der Waals surface area (Å²) in [5.74, 6) is 0.868. The van der Waals surface area contributed by atoms with Crippen molar-refractivity contribution in [3.63, 3.8) is 0 Å². The van der Waals surface area contributed by atoms with Crippen LogP contribution in [0.3, 0.4) is 0 Å². The van der Waals surface area contributed by atoms with E-state index in [0.29, 0.717) is 4.77 Å². The lowest BCUT2D eigenvalue weighted by Gasteiger charge is -2.30. The fourth-order valence-electron chi connectivity index (χ4n) is 2.48. The number of ether oxygens (including phenoxy) is 1. The van der Waals surface area contributed by atoms with Crippen molar-refractivity contribution in [2.24, 2.45) is 0 Å². The van der Waals surface area contributed by atoms with Crippen molar-refractivity contribution in [2.75, 3.05) is 26.7 Å². The van der Waals surface area contributed by atoms with Gasteiger partial charge in [0.25, 0.3) is 0 Å². The Kier molecular flexibility index (Phi) is 3.95. The Balaban J connectivity index is 1.86. The molecule has 6 heteroatoms. The van der Waals surface area contributed by atoms with Gasteiger partial charge in [-0.05, 0) is 19.3 Å². The minimum Gasteiger partial charge on any atom is -0.374 e. The summed E-state index contributed by atoms with van der Waals surface area (Å²) in [7, 11) is 2.11. The van der Waals surface area contributed by atoms with Crippen LogP contribution in [0.1, 0.15) is 0 Å². The van der Waals surface area contributed by atoms with Crippen LogP contribution >= 0.6 is 12.2 Å². The van der Waals surface area contributed by atoms with Gasteiger partial charge < -0.3 is 9.64 Å². The second-order valence-corrected chi connectivity index (χ2v) is 5.47. The maximum atomic E-state index is 5.82. The van der Waals surface area contributed by atoms with E-state index in [-0.39, 0.29) is 6.10 Å². The number of nitrogens with one attached hydrogen (secondary N) is 1. The number of hydrogen-bond donors (Lipinski definition) is 1. The Morgan fingerprint density at radius 2 is 2.20 bits per heavy atom. The summed E-state index contributed by atoms with van der Waals surface area (Å²) in [6, 6.07) is 10.1. The third-order valence-electron chi connectivity index (χ3n) is 3.52. The van der Waals surface area contributed by atoms with E-state index < -0.39 is 0 Å². The molecule has 0 spiro atoms. The van der Waals surface area contributed by atoms with E-state index in [1.807, 2.05) is 34.9 Å². The van der Waals surface area contributed by atoms with E-state index >= 15 is 0 Å². The molecule has 1 fully saturated rings. The van der Waals surface area contributed by atoms with Crippen LogP contribution in [-0.4, -0.2) is 52.5 Å². The smallest absolute Gasteiger partial charge is 0.195 e. The molecule has 20 heavy (non-hydrogen) atoms. The van der Waals surface area contributed by atoms with Gasteiger partial charge in [0.1, 0.15) is 0 Å². The summed E-state index contributed by atoms with van der Waals surface area (Å²) in [5.41, 5.74) is 1.06. The molecule has 0 amide bonds. The van der Waals surface area contributed by atoms with Crippen LogP contribution in [0, 0.1) is 4.77 Å². The van der Waals surface area contributed by atoms with Gasteiger partial charge >= 0.3 is 0 Å². The molecule has 0 bridgehead atoms. The molecule has 1 aromatic heterocycles. The maximum Gasteiger partial charge on any atom is 0.195 e. The minimum absolute atomic E-state index is 0.153. The maximum absolute atomic E-state index is 5.82. The molecule has 1 aliphatic rings. The van der Waals surface area contributed by atoms with E-state index in [0.717, 1.165) is 37.6 Å². The molecule has 0 saturated carbocycles. The molecular formula is C14H18N4OS. The van der Waals surface area contributed by atoms with Crippen LogP contribution in [0.5, 0.6) is 0 Å². The third-order valence-corrected chi connectivity index (χ3v) is 3.83. The SMILES string of the molecule is CN1CCOC(Cn2c(-c3ccccc3)n[nH]c2=S)C1. The molecule has 0 aliphatic carbocycles. The van der Waals surface area contributed by atoms with E-state index in [9.17, 15) is 0 Å². The monoisotopic (exact) mass is 290 g/mol. The minimum atomic E-state index is 0.153. The molecule has 5 nitrogen and oxygen atoms in total. The topological polar surface area (TPSA) is 46.1 Å². The molecule has 3 rings (SSSR count). The Hall–Kier alpha value is -1.50. The van der Waals surface area contributed by atoms with Gasteiger partial charge in [-0.2, -0.15) is 5.10 Å². The van der Waals surface area contributed by atoms with E-state index in [2.05, 4.69) is 22.1 Å². The van der Waals surface area contributed by atoms with Gasteiger partial charge in [-0.3, -0.25) is 9.67 Å². The Labute approximate surface area is 123 Å². The Morgan fingerprint density at radius 1 is 1.40 bits per heavy atom. The first-order valence-electron chi connectivity index (χ1n) is 6.75. The lowest BCUT2D eigenvalue weighted by atomic mass is 10.2. The predicted octanol–water partition coefficient (Wildman–Crippen LogP) is 1.94. The van der Waals surface area contributed by atoms with Crippen LogP contribution in [0.25, 0.3) is 11.4 Å². The summed E-state index contributed by atoms with van der Waals surface area (Å²) < 4.78 is 8.48. The van der Waals surface area contributed by atoms with Crippen LogP contribution < -0.4 is 0 Å². The second kappa shape index (κ2) is 5.87. The molecule has 106 valence electrons. The van der Waals surface area contributed by atoms with Crippen molar-refractivity contribution >= 4 is 12.2 Å². The van der Waals surface area contributed by atoms with Gasteiger partial charge in [0, 0.05) is 18.7 Å². The van der Waals surface area contributed by atoms with Gasteiger partial charge in [-0.25, -0.2) is 0 Å². The van der Waals surface area contributed by atoms with Crippen molar-refractivity contribution in [1.29, 1.82) is 0 Å². The molecule has 1 saturated heterocycles. The average Bonchev–Trinajstić information content (AvgIpc) is 2.81. The summed E-state index contributed by atoms with van der Waals surface area (Å²) in [6.07, 6.45) is 0.153. The normalized spacial score (nSPS) is 20.1. The van der Waals surface area contributed by atoms with Crippen LogP contribution in [0.2, 0.25) is 0 Å². The molecule has 1 unspecified atom stereocenters. The summed E-state index contributed by atoms with van der Waals surface area (Å²) in [5, 5.41) is 7.23. The zero-order valence-corrected chi connectivity index (χ0v) is 12.3. The van der Waals surface area contributed by atoms with Crippen molar-refractivity contribution in [1.82, 2.24) is 19.7 Å². The van der Waals surface area contributed by atoms with Crippen molar-refractivity contribution in [2.45, 2.75) is 12.6 Å². The third kappa shape index (κ3) is 2.82. The van der Waals surface area contributed by atoms with E-state index in [4.69, 9.17) is 17.0 Å². The number of aromatic nitrogens is 3. The number of nitrogens with zero attached hydrogens (tertiary/aromatic N) is 3. The lowest BCUT2D eigenvalue weighted by Crippen LogP contribution is -2.42. The average molecular weight is 290 g/mol. The highest BCUT2D eigenvalue weighted by Gasteiger charge is 2.20. The highest BCUT2D eigenvalue weighted by Crippen LogP contribution is 2.18. The number of benzene rings is 1. The van der Waals surface area contributed by atoms with Gasteiger partial charge in [0.2, 0.25) is 0 Å². The molecule has 1 aliphatic heterocycles. The van der Waals surface area contributed by atoms with Crippen LogP contribution in [-0.2, 0) is 11.3 Å². The fourth-order valence-corrected chi connectivity index (χ4v) is 2.68. The second-order valence-electron chi connectivity index (χ2n) is 5.08. The zero-order valence-electron chi connectivity index (χ0n) is 11.5. The number of aromatic amines is 1. The number of H-pyrrole nitrogens is 1. The van der Waals surface area contributed by atoms with Gasteiger partial charge in [0.15, 0.2) is 10.6 Å².